The molecular formula is C9H18Cl2O6. The zero-order valence-corrected chi connectivity index (χ0v) is 11.2. The summed E-state index contributed by atoms with van der Waals surface area (Å²) in [6, 6.07) is 0. The van der Waals surface area contributed by atoms with Crippen LogP contribution in [0.2, 0.25) is 0 Å². The van der Waals surface area contributed by atoms with Crippen molar-refractivity contribution in [3.8, 4) is 0 Å². The number of ether oxygens (including phenoxy) is 1. The Labute approximate surface area is 111 Å². The average molecular weight is 293 g/mol. The average Bonchev–Trinajstić information content (AvgIpc) is 2.33. The van der Waals surface area contributed by atoms with Gasteiger partial charge in [0.25, 0.3) is 0 Å². The number of hydrogen-bond donors (Lipinski definition) is 0. The van der Waals surface area contributed by atoms with E-state index in [4.69, 9.17) is 27.9 Å². The van der Waals surface area contributed by atoms with Crippen LogP contribution in [0, 0.1) is 0 Å². The van der Waals surface area contributed by atoms with E-state index in [9.17, 15) is 0 Å². The maximum Gasteiger partial charge on any atom is 0.111 e. The van der Waals surface area contributed by atoms with E-state index >= 15 is 0 Å². The molecule has 0 fully saturated rings. The minimum Gasteiger partial charge on any atom is -0.376 e. The molecule has 0 amide bonds. The quantitative estimate of drug-likeness (QED) is 0.225. The van der Waals surface area contributed by atoms with Gasteiger partial charge in [-0.1, -0.05) is 0 Å². The molecule has 1 unspecified atom stereocenters. The van der Waals surface area contributed by atoms with Gasteiger partial charge in [-0.25, -0.2) is 9.78 Å². The zero-order chi connectivity index (χ0) is 12.8. The molecule has 0 heterocycles. The van der Waals surface area contributed by atoms with Crippen LogP contribution in [0.3, 0.4) is 0 Å². The molecule has 0 aromatic heterocycles. The van der Waals surface area contributed by atoms with Gasteiger partial charge in [-0.15, -0.1) is 23.2 Å². The SMILES string of the molecule is CC(COOOOOCCCCl)OCCCCl. The van der Waals surface area contributed by atoms with Crippen LogP contribution in [0.15, 0.2) is 0 Å². The van der Waals surface area contributed by atoms with Crippen molar-refractivity contribution in [3.63, 3.8) is 0 Å². The molecule has 0 aromatic carbocycles. The normalized spacial score (nSPS) is 12.9. The highest BCUT2D eigenvalue weighted by atomic mass is 35.5. The highest BCUT2D eigenvalue weighted by Crippen LogP contribution is 1.96. The Balaban J connectivity index is 3.05. The Morgan fingerprint density at radius 1 is 0.882 bits per heavy atom. The minimum atomic E-state index is -0.126. The van der Waals surface area contributed by atoms with Crippen LogP contribution in [-0.4, -0.2) is 37.7 Å². The van der Waals surface area contributed by atoms with Gasteiger partial charge in [-0.3, -0.25) is 0 Å². The first-order chi connectivity index (χ1) is 8.31. The van der Waals surface area contributed by atoms with Gasteiger partial charge in [-0.2, -0.15) is 0 Å². The molecule has 0 radical (unpaired) electrons. The molecule has 0 aromatic rings. The van der Waals surface area contributed by atoms with Gasteiger partial charge in [0.15, 0.2) is 0 Å². The van der Waals surface area contributed by atoms with E-state index in [1.54, 1.807) is 0 Å². The second-order valence-electron chi connectivity index (χ2n) is 3.08. The van der Waals surface area contributed by atoms with Crippen molar-refractivity contribution in [2.75, 3.05) is 31.6 Å². The summed E-state index contributed by atoms with van der Waals surface area (Å²) in [6.45, 7) is 2.92. The summed E-state index contributed by atoms with van der Waals surface area (Å²) in [4.78, 5) is 9.12. The third kappa shape index (κ3) is 14.3. The van der Waals surface area contributed by atoms with Crippen LogP contribution in [0.4, 0.5) is 0 Å². The summed E-state index contributed by atoms with van der Waals surface area (Å²) in [5.41, 5.74) is 0. The predicted octanol–water partition coefficient (Wildman–Crippen LogP) is 2.39. The Hall–Kier alpha value is 0.340. The first-order valence-corrected chi connectivity index (χ1v) is 6.36. The second-order valence-corrected chi connectivity index (χ2v) is 3.83. The van der Waals surface area contributed by atoms with E-state index in [1.165, 1.54) is 0 Å². The molecule has 0 aliphatic rings. The molecule has 1 atom stereocenters. The first kappa shape index (κ1) is 17.3. The summed E-state index contributed by atoms with van der Waals surface area (Å²) < 4.78 is 5.31. The molecule has 0 saturated carbocycles. The molecule has 0 aliphatic carbocycles. The van der Waals surface area contributed by atoms with Crippen LogP contribution >= 0.6 is 23.2 Å². The van der Waals surface area contributed by atoms with Gasteiger partial charge in [0.2, 0.25) is 0 Å². The smallest absolute Gasteiger partial charge is 0.111 e. The lowest BCUT2D eigenvalue weighted by atomic mass is 10.4. The van der Waals surface area contributed by atoms with E-state index < -0.39 is 0 Å². The monoisotopic (exact) mass is 292 g/mol. The summed E-state index contributed by atoms with van der Waals surface area (Å²) in [5.74, 6) is 1.05. The molecular weight excluding hydrogens is 275 g/mol. The molecule has 104 valence electrons. The molecule has 0 rings (SSSR count). The summed E-state index contributed by atoms with van der Waals surface area (Å²) in [5, 5.41) is 12.4. The fourth-order valence-corrected chi connectivity index (χ4v) is 0.927. The molecule has 0 spiro atoms. The number of rotatable bonds is 13. The highest BCUT2D eigenvalue weighted by molar-refractivity contribution is 6.18. The minimum absolute atomic E-state index is 0.126. The van der Waals surface area contributed by atoms with E-state index in [0.29, 0.717) is 31.4 Å². The molecule has 0 bridgehead atoms. The molecule has 0 N–H and O–H groups in total. The highest BCUT2D eigenvalue weighted by Gasteiger charge is 2.03. The van der Waals surface area contributed by atoms with Crippen LogP contribution in [-0.2, 0) is 29.6 Å². The van der Waals surface area contributed by atoms with Crippen molar-refractivity contribution in [1.29, 1.82) is 0 Å². The van der Waals surface area contributed by atoms with Gasteiger partial charge in [0.1, 0.15) is 6.61 Å². The lowest BCUT2D eigenvalue weighted by molar-refractivity contribution is -0.709. The Morgan fingerprint density at radius 2 is 1.53 bits per heavy atom. The first-order valence-electron chi connectivity index (χ1n) is 5.29. The van der Waals surface area contributed by atoms with Gasteiger partial charge in [-0.05, 0) is 34.9 Å². The van der Waals surface area contributed by atoms with Crippen LogP contribution < -0.4 is 0 Å². The van der Waals surface area contributed by atoms with Crippen molar-refractivity contribution in [2.24, 2.45) is 0 Å². The topological polar surface area (TPSA) is 55.4 Å². The number of alkyl halides is 2. The molecule has 8 heteroatoms. The van der Waals surface area contributed by atoms with Gasteiger partial charge in [0, 0.05) is 18.4 Å². The predicted molar refractivity (Wildman–Crippen MR) is 61.2 cm³/mol. The summed E-state index contributed by atoms with van der Waals surface area (Å²) in [6.07, 6.45) is 1.32. The fourth-order valence-electron chi connectivity index (χ4n) is 0.709. The van der Waals surface area contributed by atoms with Gasteiger partial charge in [0.05, 0.1) is 12.7 Å². The van der Waals surface area contributed by atoms with Crippen molar-refractivity contribution in [3.05, 3.63) is 0 Å². The van der Waals surface area contributed by atoms with Crippen molar-refractivity contribution in [1.82, 2.24) is 0 Å². The number of halogens is 2. The summed E-state index contributed by atoms with van der Waals surface area (Å²) in [7, 11) is 0. The molecule has 6 nitrogen and oxygen atoms in total. The van der Waals surface area contributed by atoms with E-state index in [2.05, 4.69) is 24.9 Å². The molecule has 0 aliphatic heterocycles. The van der Waals surface area contributed by atoms with Crippen molar-refractivity contribution in [2.45, 2.75) is 25.9 Å². The maximum absolute atomic E-state index is 5.49. The second kappa shape index (κ2) is 14.4. The van der Waals surface area contributed by atoms with E-state index in [0.717, 1.165) is 6.42 Å². The van der Waals surface area contributed by atoms with Crippen molar-refractivity contribution >= 4 is 23.2 Å². The number of hydrogen-bond acceptors (Lipinski definition) is 6. The van der Waals surface area contributed by atoms with Gasteiger partial charge >= 0.3 is 0 Å². The van der Waals surface area contributed by atoms with E-state index in [1.807, 2.05) is 6.92 Å². The van der Waals surface area contributed by atoms with E-state index in [-0.39, 0.29) is 12.7 Å². The van der Waals surface area contributed by atoms with Crippen LogP contribution in [0.25, 0.3) is 0 Å². The van der Waals surface area contributed by atoms with Crippen LogP contribution in [0.5, 0.6) is 0 Å². The molecule has 17 heavy (non-hydrogen) atoms. The largest absolute Gasteiger partial charge is 0.376 e. The van der Waals surface area contributed by atoms with Crippen molar-refractivity contribution < 1.29 is 29.6 Å². The lowest BCUT2D eigenvalue weighted by Crippen LogP contribution is -2.17. The third-order valence-corrected chi connectivity index (χ3v) is 2.03. The zero-order valence-electron chi connectivity index (χ0n) is 9.73. The molecule has 0 saturated heterocycles. The van der Waals surface area contributed by atoms with Crippen LogP contribution in [0.1, 0.15) is 19.8 Å². The van der Waals surface area contributed by atoms with Gasteiger partial charge < -0.3 is 4.74 Å². The fraction of sp³-hybridized carbons (Fsp3) is 1.00. The standard InChI is InChI=1S/C9H18Cl2O6/c1-9(12-6-2-4-10)8-14-16-17-15-13-7-3-5-11/h9H,2-8H2,1H3. The summed E-state index contributed by atoms with van der Waals surface area (Å²) >= 11 is 10.9. The maximum atomic E-state index is 5.49. The Bertz CT molecular complexity index is 151. The Morgan fingerprint density at radius 3 is 2.24 bits per heavy atom. The lowest BCUT2D eigenvalue weighted by Gasteiger charge is -2.10. The Kier molecular flexibility index (Phi) is 14.7. The third-order valence-electron chi connectivity index (χ3n) is 1.50.